The number of carboxylic acid groups (broad SMARTS) is 2. The molecule has 1 fully saturated rings. The van der Waals surface area contributed by atoms with Gasteiger partial charge in [0.1, 0.15) is 5.82 Å². The maximum Gasteiger partial charge on any atom is 0.490 e. The lowest BCUT2D eigenvalue weighted by Crippen LogP contribution is -2.45. The van der Waals surface area contributed by atoms with Crippen molar-refractivity contribution in [1.82, 2.24) is 14.5 Å². The minimum Gasteiger partial charge on any atom is -0.475 e. The van der Waals surface area contributed by atoms with Gasteiger partial charge >= 0.3 is 24.3 Å². The third-order valence-electron chi connectivity index (χ3n) is 5.90. The van der Waals surface area contributed by atoms with Crippen molar-refractivity contribution in [2.45, 2.75) is 71.0 Å². The lowest BCUT2D eigenvalue weighted by atomic mass is 9.84. The van der Waals surface area contributed by atoms with Gasteiger partial charge in [-0.05, 0) is 64.3 Å². The van der Waals surface area contributed by atoms with Crippen LogP contribution >= 0.6 is 0 Å². The van der Waals surface area contributed by atoms with Crippen molar-refractivity contribution in [2.24, 2.45) is 5.92 Å². The standard InChI is InChI=1S/C20H31N3O.2C2HF3O2/c1-4-19-21-17-10-5-6-11-18(17)23(19)14-8-13-22-12-7-9-16(15-22)20(2,3)24;2*3-2(4,5)1(6)7/h5-6,10-11,16,24H,4,7-9,12-15H2,1-3H3;2*(H,6,7). The Morgan fingerprint density at radius 3 is 2.00 bits per heavy atom. The predicted octanol–water partition coefficient (Wildman–Crippen LogP) is 4.74. The van der Waals surface area contributed by atoms with Gasteiger partial charge in [0.25, 0.3) is 0 Å². The van der Waals surface area contributed by atoms with Crippen LogP contribution in [0.15, 0.2) is 24.3 Å². The van der Waals surface area contributed by atoms with Crippen molar-refractivity contribution in [3.8, 4) is 0 Å². The topological polar surface area (TPSA) is 116 Å². The summed E-state index contributed by atoms with van der Waals surface area (Å²) in [5.41, 5.74) is 1.80. The summed E-state index contributed by atoms with van der Waals surface area (Å²) in [6.45, 7) is 10.4. The Morgan fingerprint density at radius 1 is 1.00 bits per heavy atom. The Hall–Kier alpha value is -2.87. The summed E-state index contributed by atoms with van der Waals surface area (Å²) in [4.78, 5) is 25.1. The Balaban J connectivity index is 0.000000426. The van der Waals surface area contributed by atoms with Crippen LogP contribution in [0.25, 0.3) is 11.0 Å². The predicted molar refractivity (Wildman–Crippen MR) is 127 cm³/mol. The molecule has 0 spiro atoms. The molecule has 0 radical (unpaired) electrons. The SMILES string of the molecule is CCc1nc2ccccc2n1CCCN1CCCC(C(C)(C)O)C1.O=C(O)C(F)(F)F.O=C(O)C(F)(F)F. The molecule has 3 rings (SSSR count). The number of hydrogen-bond donors (Lipinski definition) is 3. The van der Waals surface area contributed by atoms with Crippen LogP contribution in [0.1, 0.15) is 45.9 Å². The Labute approximate surface area is 215 Å². The lowest BCUT2D eigenvalue weighted by molar-refractivity contribution is -0.193. The average molecular weight is 558 g/mol. The van der Waals surface area contributed by atoms with Crippen molar-refractivity contribution in [3.05, 3.63) is 30.1 Å². The smallest absolute Gasteiger partial charge is 0.475 e. The van der Waals surface area contributed by atoms with Crippen molar-refractivity contribution in [1.29, 1.82) is 0 Å². The van der Waals surface area contributed by atoms with E-state index < -0.39 is 29.9 Å². The van der Waals surface area contributed by atoms with Gasteiger partial charge in [-0.25, -0.2) is 14.6 Å². The number of benzene rings is 1. The van der Waals surface area contributed by atoms with Crippen LogP contribution < -0.4 is 0 Å². The van der Waals surface area contributed by atoms with Gasteiger partial charge in [0, 0.05) is 19.5 Å². The van der Waals surface area contributed by atoms with E-state index in [4.69, 9.17) is 24.8 Å². The van der Waals surface area contributed by atoms with Gasteiger partial charge < -0.3 is 24.8 Å². The van der Waals surface area contributed by atoms with E-state index in [0.717, 1.165) is 51.0 Å². The second kappa shape index (κ2) is 13.8. The zero-order valence-electron chi connectivity index (χ0n) is 21.3. The third-order valence-corrected chi connectivity index (χ3v) is 5.90. The molecule has 1 saturated heterocycles. The number of aliphatic carboxylic acids is 2. The molecule has 1 aromatic carbocycles. The van der Waals surface area contributed by atoms with E-state index in [1.165, 1.54) is 17.8 Å². The summed E-state index contributed by atoms with van der Waals surface area (Å²) >= 11 is 0. The number of aromatic nitrogens is 2. The summed E-state index contributed by atoms with van der Waals surface area (Å²) in [5, 5.41) is 24.5. The van der Waals surface area contributed by atoms with E-state index in [0.29, 0.717) is 5.92 Å². The first kappa shape index (κ1) is 33.2. The number of likely N-dealkylation sites (tertiary alicyclic amines) is 1. The molecule has 1 aliphatic rings. The fourth-order valence-electron chi connectivity index (χ4n) is 3.93. The summed E-state index contributed by atoms with van der Waals surface area (Å²) in [6.07, 6.45) is -5.72. The first-order valence-electron chi connectivity index (χ1n) is 11.9. The number of piperidine rings is 1. The molecule has 1 unspecified atom stereocenters. The van der Waals surface area contributed by atoms with Crippen LogP contribution in [0.4, 0.5) is 26.3 Å². The minimum absolute atomic E-state index is 0.395. The Kier molecular flexibility index (Phi) is 12.0. The monoisotopic (exact) mass is 557 g/mol. The highest BCUT2D eigenvalue weighted by atomic mass is 19.4. The number of alkyl halides is 6. The third kappa shape index (κ3) is 10.9. The van der Waals surface area contributed by atoms with E-state index in [2.05, 4.69) is 40.7 Å². The minimum atomic E-state index is -5.08. The lowest BCUT2D eigenvalue weighted by Gasteiger charge is -2.38. The molecule has 2 aromatic rings. The fraction of sp³-hybridized carbons (Fsp3) is 0.625. The van der Waals surface area contributed by atoms with Crippen molar-refractivity contribution < 1.29 is 51.3 Å². The first-order valence-corrected chi connectivity index (χ1v) is 11.9. The van der Waals surface area contributed by atoms with Gasteiger partial charge in [-0.3, -0.25) is 0 Å². The highest BCUT2D eigenvalue weighted by Crippen LogP contribution is 2.27. The molecule has 0 aliphatic carbocycles. The normalized spacial score (nSPS) is 16.7. The summed E-state index contributed by atoms with van der Waals surface area (Å²) < 4.78 is 65.9. The molecule has 8 nitrogen and oxygen atoms in total. The molecule has 2 heterocycles. The van der Waals surface area contributed by atoms with Crippen molar-refractivity contribution >= 4 is 23.0 Å². The maximum absolute atomic E-state index is 10.6. The maximum atomic E-state index is 10.6. The second-order valence-corrected chi connectivity index (χ2v) is 9.27. The van der Waals surface area contributed by atoms with Crippen LogP contribution in [0.2, 0.25) is 0 Å². The van der Waals surface area contributed by atoms with Crippen LogP contribution in [-0.2, 0) is 22.6 Å². The molecular weight excluding hydrogens is 524 g/mol. The number of aryl methyl sites for hydroxylation is 2. The number of hydrogen-bond acceptors (Lipinski definition) is 5. The molecule has 216 valence electrons. The van der Waals surface area contributed by atoms with Crippen molar-refractivity contribution in [2.75, 3.05) is 19.6 Å². The second-order valence-electron chi connectivity index (χ2n) is 9.27. The molecule has 3 N–H and O–H groups in total. The number of carboxylic acids is 2. The molecule has 1 aliphatic heterocycles. The molecular formula is C24H33F6N3O5. The average Bonchev–Trinajstić information content (AvgIpc) is 3.16. The van der Waals surface area contributed by atoms with Crippen LogP contribution in [0.3, 0.4) is 0 Å². The van der Waals surface area contributed by atoms with Crippen LogP contribution in [0, 0.1) is 5.92 Å². The van der Waals surface area contributed by atoms with Gasteiger partial charge in [-0.1, -0.05) is 19.1 Å². The van der Waals surface area contributed by atoms with E-state index in [-0.39, 0.29) is 0 Å². The molecule has 14 heteroatoms. The van der Waals surface area contributed by atoms with E-state index >= 15 is 0 Å². The zero-order chi connectivity index (χ0) is 29.3. The van der Waals surface area contributed by atoms with Gasteiger partial charge in [0.05, 0.1) is 16.6 Å². The van der Waals surface area contributed by atoms with Crippen LogP contribution in [0.5, 0.6) is 0 Å². The van der Waals surface area contributed by atoms with E-state index in [1.807, 2.05) is 13.8 Å². The fourth-order valence-corrected chi connectivity index (χ4v) is 3.93. The van der Waals surface area contributed by atoms with Gasteiger partial charge in [0.15, 0.2) is 0 Å². The van der Waals surface area contributed by atoms with Gasteiger partial charge in [-0.15, -0.1) is 0 Å². The number of nitrogens with zero attached hydrogens (tertiary/aromatic N) is 3. The van der Waals surface area contributed by atoms with Gasteiger partial charge in [-0.2, -0.15) is 26.3 Å². The Morgan fingerprint density at radius 2 is 1.53 bits per heavy atom. The molecule has 1 atom stereocenters. The number of halogens is 6. The number of rotatable bonds is 6. The highest BCUT2D eigenvalue weighted by Gasteiger charge is 2.39. The first-order chi connectivity index (χ1) is 17.4. The number of imidazole rings is 1. The highest BCUT2D eigenvalue weighted by molar-refractivity contribution is 5.76. The van der Waals surface area contributed by atoms with E-state index in [1.54, 1.807) is 0 Å². The molecule has 0 saturated carbocycles. The van der Waals surface area contributed by atoms with Crippen LogP contribution in [-0.4, -0.2) is 79.3 Å². The number of para-hydroxylation sites is 2. The molecule has 1 aromatic heterocycles. The van der Waals surface area contributed by atoms with E-state index in [9.17, 15) is 31.4 Å². The summed E-state index contributed by atoms with van der Waals surface area (Å²) in [7, 11) is 0. The van der Waals surface area contributed by atoms with Crippen molar-refractivity contribution in [3.63, 3.8) is 0 Å². The quantitative estimate of drug-likeness (QED) is 0.440. The summed E-state index contributed by atoms with van der Waals surface area (Å²) in [6, 6.07) is 8.43. The number of fused-ring (bicyclic) bond motifs is 1. The number of carbonyl (C=O) groups is 2. The zero-order valence-corrected chi connectivity index (χ0v) is 21.3. The largest absolute Gasteiger partial charge is 0.490 e. The molecule has 0 bridgehead atoms. The van der Waals surface area contributed by atoms with Gasteiger partial charge in [0.2, 0.25) is 0 Å². The number of aliphatic hydroxyl groups is 1. The Bertz CT molecular complexity index is 1020. The molecule has 0 amide bonds. The summed E-state index contributed by atoms with van der Waals surface area (Å²) in [5.74, 6) is -3.93. The molecule has 38 heavy (non-hydrogen) atoms.